The molecular formula is C44H78O15P2. The summed E-state index contributed by atoms with van der Waals surface area (Å²) in [5, 5.41) is 20.0. The van der Waals surface area contributed by atoms with Gasteiger partial charge in [0.25, 0.3) is 0 Å². The second-order valence-corrected chi connectivity index (χ2v) is 19.2. The van der Waals surface area contributed by atoms with E-state index in [1.165, 1.54) is 57.8 Å². The Labute approximate surface area is 364 Å². The van der Waals surface area contributed by atoms with Crippen LogP contribution in [0.15, 0.2) is 36.5 Å². The monoisotopic (exact) mass is 908 g/mol. The summed E-state index contributed by atoms with van der Waals surface area (Å²) in [6.07, 6.45) is 27.8. The Balaban J connectivity index is 2.53. The summed E-state index contributed by atoms with van der Waals surface area (Å²) in [6.45, 7) is 3.75. The van der Waals surface area contributed by atoms with Crippen LogP contribution in [0.5, 0.6) is 0 Å². The lowest BCUT2D eigenvalue weighted by atomic mass is 9.90. The fourth-order valence-electron chi connectivity index (χ4n) is 6.64. The largest absolute Gasteiger partial charge is 0.472 e. The quantitative estimate of drug-likeness (QED) is 0.0167. The number of hydrogen-bond donors (Lipinski definition) is 5. The Hall–Kier alpha value is -2.03. The third kappa shape index (κ3) is 33.2. The molecule has 1 rings (SSSR count). The number of phosphoric acid groups is 2. The number of unbranched alkanes of at least 4 members (excludes halogenated alkanes) is 14. The first-order valence-electron chi connectivity index (χ1n) is 22.6. The molecule has 0 aliphatic heterocycles. The number of ketones is 1. The molecule has 0 bridgehead atoms. The number of hydrogen-bond acceptors (Lipinski definition) is 12. The molecule has 0 fully saturated rings. The minimum absolute atomic E-state index is 0.00138. The van der Waals surface area contributed by atoms with Gasteiger partial charge in [-0.2, -0.15) is 0 Å². The molecule has 61 heavy (non-hydrogen) atoms. The summed E-state index contributed by atoms with van der Waals surface area (Å²) >= 11 is 0. The minimum Gasteiger partial charge on any atom is -0.462 e. The van der Waals surface area contributed by atoms with Gasteiger partial charge in [0.1, 0.15) is 12.7 Å². The predicted octanol–water partition coefficient (Wildman–Crippen LogP) is 9.15. The molecule has 0 saturated heterocycles. The molecule has 1 unspecified atom stereocenters. The van der Waals surface area contributed by atoms with Gasteiger partial charge in [0.2, 0.25) is 0 Å². The van der Waals surface area contributed by atoms with Gasteiger partial charge in [-0.1, -0.05) is 147 Å². The van der Waals surface area contributed by atoms with Crippen LogP contribution in [0.2, 0.25) is 0 Å². The van der Waals surface area contributed by atoms with Crippen LogP contribution in [-0.4, -0.2) is 87.4 Å². The van der Waals surface area contributed by atoms with Gasteiger partial charge in [-0.15, -0.1) is 0 Å². The van der Waals surface area contributed by atoms with Gasteiger partial charge in [-0.05, 0) is 50.0 Å². The molecule has 0 aromatic heterocycles. The van der Waals surface area contributed by atoms with E-state index in [1.54, 1.807) is 18.2 Å². The van der Waals surface area contributed by atoms with Crippen LogP contribution < -0.4 is 0 Å². The Morgan fingerprint density at radius 3 is 1.92 bits per heavy atom. The first-order chi connectivity index (χ1) is 29.0. The summed E-state index contributed by atoms with van der Waals surface area (Å²) in [4.78, 5) is 65.3. The third-order valence-corrected chi connectivity index (χ3v) is 11.6. The molecule has 0 amide bonds. The van der Waals surface area contributed by atoms with Crippen molar-refractivity contribution in [3.05, 3.63) is 36.5 Å². The van der Waals surface area contributed by atoms with Gasteiger partial charge in [-0.25, -0.2) is 9.13 Å². The molecule has 0 saturated carbocycles. The van der Waals surface area contributed by atoms with Crippen molar-refractivity contribution in [2.45, 2.75) is 180 Å². The van der Waals surface area contributed by atoms with E-state index in [9.17, 15) is 38.6 Å². The van der Waals surface area contributed by atoms with E-state index in [0.29, 0.717) is 32.1 Å². The Bertz CT molecular complexity index is 1380. The summed E-state index contributed by atoms with van der Waals surface area (Å²) in [5.74, 6) is -0.754. The van der Waals surface area contributed by atoms with E-state index < -0.39 is 72.3 Å². The van der Waals surface area contributed by atoms with Gasteiger partial charge in [0, 0.05) is 18.8 Å². The maximum absolute atomic E-state index is 12.8. The number of carbonyl (C=O) groups is 3. The average Bonchev–Trinajstić information content (AvgIpc) is 3.55. The number of phosphoric ester groups is 2. The summed E-state index contributed by atoms with van der Waals surface area (Å²) in [6, 6.07) is 0. The number of aliphatic hydroxyl groups is 2. The minimum atomic E-state index is -4.89. The Kier molecular flexibility index (Phi) is 32.1. The fraction of sp³-hybridized carbons (Fsp3) is 0.795. The SMILES string of the molecule is CCCCC[C@H](O)/C=C/[C@H]1C(=O)C=C[C@@H]1C/C=C\CCCC(=O)O[C@H](COC(=O)CCCCCCCCCCCCCCC(C)C)COP(=O)(O)OC[C@@H](O)COP(=O)(O)O. The van der Waals surface area contributed by atoms with Crippen LogP contribution in [0.25, 0.3) is 0 Å². The highest BCUT2D eigenvalue weighted by Gasteiger charge is 2.29. The zero-order valence-corrected chi connectivity index (χ0v) is 38.8. The number of carbonyl (C=O) groups excluding carboxylic acids is 3. The molecule has 0 aromatic carbocycles. The summed E-state index contributed by atoms with van der Waals surface area (Å²) in [7, 11) is -9.75. The van der Waals surface area contributed by atoms with Gasteiger partial charge in [0.15, 0.2) is 11.9 Å². The van der Waals surface area contributed by atoms with Crippen molar-refractivity contribution in [1.82, 2.24) is 0 Å². The molecule has 15 nitrogen and oxygen atoms in total. The standard InChI is InChI=1S/C44H78O15P2/c1-4-5-18-25-38(45)29-30-41-37(28-31-42(41)47)24-20-16-17-22-27-44(49)59-40(35-58-61(53,54)57-33-39(46)32-56-60(50,51)52)34-55-43(48)26-21-15-13-11-9-7-6-8-10-12-14-19-23-36(2)3/h16,20,28-31,36-41,45-46H,4-15,17-19,21-27,32-35H2,1-3H3,(H,53,54)(H2,50,51,52)/b20-16-,30-29+/t37-,38-,39-,40+,41+/m0/s1. The second-order valence-electron chi connectivity index (χ2n) is 16.5. The molecule has 1 aliphatic rings. The van der Waals surface area contributed by atoms with Gasteiger partial charge in [-0.3, -0.25) is 28.0 Å². The Morgan fingerprint density at radius 1 is 0.721 bits per heavy atom. The topological polar surface area (TPSA) is 233 Å². The normalized spacial score (nSPS) is 18.3. The molecule has 1 aliphatic carbocycles. The molecular weight excluding hydrogens is 830 g/mol. The molecule has 6 atom stereocenters. The van der Waals surface area contributed by atoms with Crippen LogP contribution in [0, 0.1) is 17.8 Å². The number of allylic oxidation sites excluding steroid dienone is 5. The van der Waals surface area contributed by atoms with E-state index >= 15 is 0 Å². The maximum Gasteiger partial charge on any atom is 0.472 e. The highest BCUT2D eigenvalue weighted by atomic mass is 31.2. The maximum atomic E-state index is 12.8. The van der Waals surface area contributed by atoms with Crippen molar-refractivity contribution in [2.75, 3.05) is 26.4 Å². The zero-order chi connectivity index (χ0) is 45.4. The molecule has 5 N–H and O–H groups in total. The van der Waals surface area contributed by atoms with Crippen molar-refractivity contribution in [1.29, 1.82) is 0 Å². The molecule has 0 radical (unpaired) electrons. The molecule has 0 heterocycles. The number of rotatable bonds is 39. The van der Waals surface area contributed by atoms with E-state index in [4.69, 9.17) is 23.8 Å². The first kappa shape index (κ1) is 57.0. The van der Waals surface area contributed by atoms with E-state index in [1.807, 2.05) is 18.2 Å². The van der Waals surface area contributed by atoms with Crippen LogP contribution in [-0.2, 0) is 46.6 Å². The van der Waals surface area contributed by atoms with Crippen molar-refractivity contribution >= 4 is 33.4 Å². The van der Waals surface area contributed by atoms with Crippen molar-refractivity contribution in [2.24, 2.45) is 17.8 Å². The van der Waals surface area contributed by atoms with Gasteiger partial charge in [0.05, 0.1) is 25.9 Å². The van der Waals surface area contributed by atoms with Gasteiger partial charge < -0.3 is 34.4 Å². The predicted molar refractivity (Wildman–Crippen MR) is 234 cm³/mol. The summed E-state index contributed by atoms with van der Waals surface area (Å²) in [5.41, 5.74) is 0. The highest BCUT2D eigenvalue weighted by molar-refractivity contribution is 7.47. The lowest BCUT2D eigenvalue weighted by molar-refractivity contribution is -0.161. The van der Waals surface area contributed by atoms with E-state index in [2.05, 4.69) is 29.8 Å². The van der Waals surface area contributed by atoms with Crippen molar-refractivity contribution in [3.63, 3.8) is 0 Å². The van der Waals surface area contributed by atoms with Crippen molar-refractivity contribution in [3.8, 4) is 0 Å². The number of aliphatic hydroxyl groups excluding tert-OH is 2. The molecule has 17 heteroatoms. The van der Waals surface area contributed by atoms with Crippen LogP contribution in [0.1, 0.15) is 162 Å². The number of esters is 2. The van der Waals surface area contributed by atoms with Crippen molar-refractivity contribution < 1.29 is 71.5 Å². The number of ether oxygens (including phenoxy) is 2. The molecule has 0 spiro atoms. The fourth-order valence-corrected chi connectivity index (χ4v) is 7.80. The lowest BCUT2D eigenvalue weighted by Crippen LogP contribution is -2.29. The lowest BCUT2D eigenvalue weighted by Gasteiger charge is -2.20. The van der Waals surface area contributed by atoms with E-state index in [-0.39, 0.29) is 30.5 Å². The highest BCUT2D eigenvalue weighted by Crippen LogP contribution is 2.44. The molecule has 0 aromatic rings. The third-order valence-electron chi connectivity index (χ3n) is 10.2. The summed E-state index contributed by atoms with van der Waals surface area (Å²) < 4.78 is 47.8. The van der Waals surface area contributed by atoms with E-state index in [0.717, 1.165) is 44.4 Å². The average molecular weight is 909 g/mol. The van der Waals surface area contributed by atoms with Crippen LogP contribution in [0.3, 0.4) is 0 Å². The molecule has 354 valence electrons. The second kappa shape index (κ2) is 34.4. The van der Waals surface area contributed by atoms with Gasteiger partial charge >= 0.3 is 27.6 Å². The first-order valence-corrected chi connectivity index (χ1v) is 25.6. The zero-order valence-electron chi connectivity index (χ0n) is 37.0. The van der Waals surface area contributed by atoms with Crippen LogP contribution in [0.4, 0.5) is 0 Å². The van der Waals surface area contributed by atoms with Crippen LogP contribution >= 0.6 is 15.6 Å². The Morgan fingerprint density at radius 2 is 1.30 bits per heavy atom. The smallest absolute Gasteiger partial charge is 0.462 e.